The SMILES string of the molecule is CCNC(=O)N[C@H]1[C@H](O)[C@@H](Oc2ccccc2)[C@@H]2OC[C@H]1O2. The molecule has 5 atom stereocenters. The fourth-order valence-electron chi connectivity index (χ4n) is 2.71. The Balaban J connectivity index is 1.72. The van der Waals surface area contributed by atoms with Gasteiger partial charge in [0, 0.05) is 6.54 Å². The van der Waals surface area contributed by atoms with Gasteiger partial charge in [-0.15, -0.1) is 0 Å². The van der Waals surface area contributed by atoms with Crippen molar-refractivity contribution in [3.05, 3.63) is 30.3 Å². The van der Waals surface area contributed by atoms with Crippen LogP contribution in [0.1, 0.15) is 6.92 Å². The molecule has 0 unspecified atom stereocenters. The van der Waals surface area contributed by atoms with E-state index < -0.39 is 24.5 Å². The number of ether oxygens (including phenoxy) is 3. The molecule has 2 amide bonds. The number of nitrogens with one attached hydrogen (secondary N) is 2. The summed E-state index contributed by atoms with van der Waals surface area (Å²) in [6.07, 6.45) is -2.63. The van der Waals surface area contributed by atoms with Crippen molar-refractivity contribution in [2.24, 2.45) is 0 Å². The van der Waals surface area contributed by atoms with Crippen LogP contribution in [-0.4, -0.2) is 54.9 Å². The van der Waals surface area contributed by atoms with Crippen molar-refractivity contribution >= 4 is 6.03 Å². The summed E-state index contributed by atoms with van der Waals surface area (Å²) in [5, 5.41) is 15.9. The highest BCUT2D eigenvalue weighted by Gasteiger charge is 2.52. The molecule has 0 saturated carbocycles. The summed E-state index contributed by atoms with van der Waals surface area (Å²) in [4.78, 5) is 11.7. The molecular formula is C15H20N2O5. The van der Waals surface area contributed by atoms with Crippen LogP contribution in [0.2, 0.25) is 0 Å². The summed E-state index contributed by atoms with van der Waals surface area (Å²) in [7, 11) is 0. The monoisotopic (exact) mass is 308 g/mol. The number of para-hydroxylation sites is 1. The molecule has 2 aliphatic heterocycles. The van der Waals surface area contributed by atoms with E-state index in [1.54, 1.807) is 12.1 Å². The average molecular weight is 308 g/mol. The van der Waals surface area contributed by atoms with Gasteiger partial charge in [-0.25, -0.2) is 4.79 Å². The van der Waals surface area contributed by atoms with Gasteiger partial charge >= 0.3 is 6.03 Å². The van der Waals surface area contributed by atoms with Crippen LogP contribution in [-0.2, 0) is 9.47 Å². The number of urea groups is 1. The zero-order valence-corrected chi connectivity index (χ0v) is 12.3. The van der Waals surface area contributed by atoms with Crippen molar-refractivity contribution in [2.45, 2.75) is 37.6 Å². The summed E-state index contributed by atoms with van der Waals surface area (Å²) in [6, 6.07) is 8.21. The fraction of sp³-hybridized carbons (Fsp3) is 0.533. The van der Waals surface area contributed by atoms with E-state index in [0.717, 1.165) is 0 Å². The molecule has 2 aliphatic rings. The van der Waals surface area contributed by atoms with E-state index >= 15 is 0 Å². The number of aliphatic hydroxyl groups excluding tert-OH is 1. The van der Waals surface area contributed by atoms with E-state index in [9.17, 15) is 9.90 Å². The minimum Gasteiger partial charge on any atom is -0.482 e. The maximum atomic E-state index is 11.7. The lowest BCUT2D eigenvalue weighted by Gasteiger charge is -2.38. The lowest BCUT2D eigenvalue weighted by atomic mass is 9.98. The van der Waals surface area contributed by atoms with Gasteiger partial charge in [-0.1, -0.05) is 18.2 Å². The molecule has 0 radical (unpaired) electrons. The molecule has 2 heterocycles. The largest absolute Gasteiger partial charge is 0.482 e. The first-order chi connectivity index (χ1) is 10.7. The highest BCUT2D eigenvalue weighted by Crippen LogP contribution is 2.31. The quantitative estimate of drug-likeness (QED) is 0.741. The Hall–Kier alpha value is -1.83. The van der Waals surface area contributed by atoms with Crippen LogP contribution in [0.5, 0.6) is 5.75 Å². The van der Waals surface area contributed by atoms with Gasteiger partial charge in [0.15, 0.2) is 12.4 Å². The first-order valence-corrected chi connectivity index (χ1v) is 7.40. The van der Waals surface area contributed by atoms with Crippen molar-refractivity contribution in [1.29, 1.82) is 0 Å². The number of benzene rings is 1. The maximum Gasteiger partial charge on any atom is 0.315 e. The zero-order valence-electron chi connectivity index (χ0n) is 12.3. The fourth-order valence-corrected chi connectivity index (χ4v) is 2.71. The minimum absolute atomic E-state index is 0.313. The third-order valence-corrected chi connectivity index (χ3v) is 3.76. The number of amides is 2. The van der Waals surface area contributed by atoms with Gasteiger partial charge in [-0.05, 0) is 19.1 Å². The number of rotatable bonds is 4. The lowest BCUT2D eigenvalue weighted by Crippen LogP contribution is -2.63. The molecule has 0 aliphatic carbocycles. The Morgan fingerprint density at radius 3 is 2.91 bits per heavy atom. The number of aliphatic hydroxyl groups is 1. The van der Waals surface area contributed by atoms with Crippen molar-refractivity contribution < 1.29 is 24.1 Å². The van der Waals surface area contributed by atoms with E-state index in [1.165, 1.54) is 0 Å². The van der Waals surface area contributed by atoms with E-state index in [-0.39, 0.29) is 12.1 Å². The Morgan fingerprint density at radius 2 is 2.18 bits per heavy atom. The van der Waals surface area contributed by atoms with Crippen molar-refractivity contribution in [3.63, 3.8) is 0 Å². The highest BCUT2D eigenvalue weighted by molar-refractivity contribution is 5.74. The predicted molar refractivity (Wildman–Crippen MR) is 77.5 cm³/mol. The number of fused-ring (bicyclic) bond motifs is 2. The summed E-state index contributed by atoms with van der Waals surface area (Å²) in [5.41, 5.74) is 0. The average Bonchev–Trinajstić information content (AvgIpc) is 2.96. The summed E-state index contributed by atoms with van der Waals surface area (Å²) in [6.45, 7) is 2.64. The molecule has 1 aromatic rings. The lowest BCUT2D eigenvalue weighted by molar-refractivity contribution is -0.192. The van der Waals surface area contributed by atoms with Gasteiger partial charge in [-0.2, -0.15) is 0 Å². The summed E-state index contributed by atoms with van der Waals surface area (Å²) >= 11 is 0. The smallest absolute Gasteiger partial charge is 0.315 e. The predicted octanol–water partition coefficient (Wildman–Crippen LogP) is 0.238. The maximum absolute atomic E-state index is 11.7. The van der Waals surface area contributed by atoms with Crippen LogP contribution in [0.15, 0.2) is 30.3 Å². The highest BCUT2D eigenvalue weighted by atomic mass is 16.7. The van der Waals surface area contributed by atoms with E-state index in [2.05, 4.69) is 10.6 Å². The van der Waals surface area contributed by atoms with Gasteiger partial charge in [0.05, 0.1) is 12.6 Å². The topological polar surface area (TPSA) is 89.1 Å². The molecule has 1 aromatic carbocycles. The second kappa shape index (κ2) is 6.51. The van der Waals surface area contributed by atoms with Gasteiger partial charge in [0.1, 0.15) is 18.0 Å². The number of hydrogen-bond donors (Lipinski definition) is 3. The molecule has 0 spiro atoms. The molecule has 0 aromatic heterocycles. The Bertz CT molecular complexity index is 512. The van der Waals surface area contributed by atoms with Crippen LogP contribution in [0.25, 0.3) is 0 Å². The van der Waals surface area contributed by atoms with Crippen molar-refractivity contribution in [2.75, 3.05) is 13.2 Å². The van der Waals surface area contributed by atoms with Crippen LogP contribution in [0.3, 0.4) is 0 Å². The summed E-state index contributed by atoms with van der Waals surface area (Å²) in [5.74, 6) is 0.612. The first kappa shape index (κ1) is 15.1. The number of carbonyl (C=O) groups is 1. The van der Waals surface area contributed by atoms with Crippen molar-refractivity contribution in [3.8, 4) is 5.75 Å². The van der Waals surface area contributed by atoms with Gasteiger partial charge in [0.25, 0.3) is 0 Å². The van der Waals surface area contributed by atoms with E-state index in [4.69, 9.17) is 14.2 Å². The number of hydrogen-bond acceptors (Lipinski definition) is 5. The van der Waals surface area contributed by atoms with Crippen LogP contribution in [0.4, 0.5) is 4.79 Å². The molecule has 2 saturated heterocycles. The molecule has 2 bridgehead atoms. The molecule has 7 heteroatoms. The van der Waals surface area contributed by atoms with Crippen LogP contribution < -0.4 is 15.4 Å². The molecule has 120 valence electrons. The molecule has 3 N–H and O–H groups in total. The van der Waals surface area contributed by atoms with E-state index in [0.29, 0.717) is 18.9 Å². The van der Waals surface area contributed by atoms with Crippen molar-refractivity contribution in [1.82, 2.24) is 10.6 Å². The van der Waals surface area contributed by atoms with E-state index in [1.807, 2.05) is 25.1 Å². The minimum atomic E-state index is -0.922. The standard InChI is InChI=1S/C15H20N2O5/c1-2-16-15(19)17-11-10-8-20-14(22-10)13(12(11)18)21-9-6-4-3-5-7-9/h3-7,10-14,18H,2,8H2,1H3,(H2,16,17,19)/t10-,11-,12+,13-,14-/m1/s1. The van der Waals surface area contributed by atoms with Gasteiger partial charge in [-0.3, -0.25) is 0 Å². The third-order valence-electron chi connectivity index (χ3n) is 3.76. The Kier molecular flexibility index (Phi) is 4.47. The zero-order chi connectivity index (χ0) is 15.5. The molecular weight excluding hydrogens is 288 g/mol. The molecule has 22 heavy (non-hydrogen) atoms. The molecule has 7 nitrogen and oxygen atoms in total. The van der Waals surface area contributed by atoms with Gasteiger partial charge < -0.3 is 30.0 Å². The first-order valence-electron chi connectivity index (χ1n) is 7.40. The second-order valence-electron chi connectivity index (χ2n) is 5.29. The summed E-state index contributed by atoms with van der Waals surface area (Å²) < 4.78 is 17.0. The Morgan fingerprint density at radius 1 is 1.41 bits per heavy atom. The molecule has 2 fully saturated rings. The van der Waals surface area contributed by atoms with Crippen LogP contribution in [0, 0.1) is 0 Å². The molecule has 3 rings (SSSR count). The Labute approximate surface area is 128 Å². The van der Waals surface area contributed by atoms with Gasteiger partial charge in [0.2, 0.25) is 0 Å². The number of carbonyl (C=O) groups excluding carboxylic acids is 1. The van der Waals surface area contributed by atoms with Crippen LogP contribution >= 0.6 is 0 Å². The normalized spacial score (nSPS) is 33.3. The third kappa shape index (κ3) is 3.01. The second-order valence-corrected chi connectivity index (χ2v) is 5.29.